The first-order chi connectivity index (χ1) is 7.65. The van der Waals surface area contributed by atoms with Gasteiger partial charge >= 0.3 is 0 Å². The lowest BCUT2D eigenvalue weighted by atomic mass is 9.76. The van der Waals surface area contributed by atoms with Crippen molar-refractivity contribution in [2.24, 2.45) is 0 Å². The first-order valence-electron chi connectivity index (χ1n) is 5.24. The van der Waals surface area contributed by atoms with Crippen LogP contribution < -0.4 is 5.32 Å². The molecule has 0 atom stereocenters. The van der Waals surface area contributed by atoms with Crippen LogP contribution in [-0.2, 0) is 0 Å². The van der Waals surface area contributed by atoms with Gasteiger partial charge in [-0.15, -0.1) is 0 Å². The van der Waals surface area contributed by atoms with Crippen LogP contribution >= 0.6 is 0 Å². The molecule has 82 valence electrons. The smallest absolute Gasteiger partial charge is 0.270 e. The molecule has 1 fully saturated rings. The fraction of sp³-hybridized carbons (Fsp3) is 0.364. The van der Waals surface area contributed by atoms with Crippen molar-refractivity contribution in [3.63, 3.8) is 0 Å². The molecule has 2 bridgehead atoms. The molecule has 3 aliphatic rings. The van der Waals surface area contributed by atoms with Crippen LogP contribution in [0.2, 0.25) is 0 Å². The van der Waals surface area contributed by atoms with Crippen molar-refractivity contribution in [3.05, 3.63) is 39.4 Å². The largest absolute Gasteiger partial charge is 0.349 e. The first kappa shape index (κ1) is 9.33. The Balaban J connectivity index is 2.13. The van der Waals surface area contributed by atoms with Gasteiger partial charge in [-0.3, -0.25) is 14.9 Å². The second-order valence-corrected chi connectivity index (χ2v) is 4.37. The Morgan fingerprint density at radius 2 is 2.12 bits per heavy atom. The Bertz CT molecular complexity index is 492. The van der Waals surface area contributed by atoms with E-state index in [4.69, 9.17) is 0 Å². The van der Waals surface area contributed by atoms with Crippen molar-refractivity contribution in [2.45, 2.75) is 24.8 Å². The van der Waals surface area contributed by atoms with Gasteiger partial charge in [0.2, 0.25) is 0 Å². The maximum absolute atomic E-state index is 11.8. The quantitative estimate of drug-likeness (QED) is 0.574. The van der Waals surface area contributed by atoms with Crippen LogP contribution in [0.1, 0.15) is 34.7 Å². The van der Waals surface area contributed by atoms with Crippen molar-refractivity contribution in [2.75, 3.05) is 0 Å². The van der Waals surface area contributed by atoms with E-state index in [-0.39, 0.29) is 17.6 Å². The first-order valence-corrected chi connectivity index (χ1v) is 5.24. The number of hydrogen-bond acceptors (Lipinski definition) is 3. The summed E-state index contributed by atoms with van der Waals surface area (Å²) in [7, 11) is 0. The third-order valence-electron chi connectivity index (χ3n) is 3.41. The van der Waals surface area contributed by atoms with E-state index >= 15 is 0 Å². The van der Waals surface area contributed by atoms with Crippen molar-refractivity contribution < 1.29 is 9.72 Å². The highest BCUT2D eigenvalue weighted by atomic mass is 16.6. The minimum atomic E-state index is -0.469. The zero-order valence-corrected chi connectivity index (χ0v) is 8.47. The van der Waals surface area contributed by atoms with Crippen molar-refractivity contribution in [3.8, 4) is 0 Å². The number of amides is 1. The Hall–Kier alpha value is -1.91. The summed E-state index contributed by atoms with van der Waals surface area (Å²) in [6, 6.07) is 4.83. The lowest BCUT2D eigenvalue weighted by molar-refractivity contribution is -0.384. The SMILES string of the molecule is O=C1NC2CC(C2)c2ccc([N+](=O)[O-])cc21. The average Bonchev–Trinajstić information content (AvgIpc) is 2.42. The van der Waals surface area contributed by atoms with E-state index in [9.17, 15) is 14.9 Å². The molecular weight excluding hydrogens is 208 g/mol. The summed E-state index contributed by atoms with van der Waals surface area (Å²) in [5.74, 6) is 0.212. The minimum absolute atomic E-state index is 0.0204. The number of nitro benzene ring substituents is 1. The number of nitrogens with one attached hydrogen (secondary N) is 1. The number of fused-ring (bicyclic) bond motifs is 1. The van der Waals surface area contributed by atoms with Gasteiger partial charge in [0.05, 0.1) is 4.92 Å². The maximum Gasteiger partial charge on any atom is 0.270 e. The van der Waals surface area contributed by atoms with Gasteiger partial charge in [0.15, 0.2) is 0 Å². The number of carbonyl (C=O) groups is 1. The van der Waals surface area contributed by atoms with E-state index in [1.165, 1.54) is 12.1 Å². The molecule has 2 aliphatic heterocycles. The highest BCUT2D eigenvalue weighted by molar-refractivity contribution is 5.97. The van der Waals surface area contributed by atoms with Crippen LogP contribution in [0.25, 0.3) is 0 Å². The summed E-state index contributed by atoms with van der Waals surface area (Å²) in [6.45, 7) is 0. The molecule has 1 amide bonds. The van der Waals surface area contributed by atoms with Crippen molar-refractivity contribution >= 4 is 11.6 Å². The summed E-state index contributed by atoms with van der Waals surface area (Å²) in [4.78, 5) is 22.0. The number of carbonyl (C=O) groups excluding carboxylic acids is 1. The van der Waals surface area contributed by atoms with Gasteiger partial charge in [0.1, 0.15) is 0 Å². The molecule has 2 heterocycles. The molecule has 1 aromatic carbocycles. The second kappa shape index (κ2) is 3.04. The van der Waals surface area contributed by atoms with E-state index in [1.807, 2.05) is 0 Å². The number of nitrogens with zero attached hydrogens (tertiary/aromatic N) is 1. The van der Waals surface area contributed by atoms with E-state index in [0.29, 0.717) is 11.5 Å². The monoisotopic (exact) mass is 218 g/mol. The summed E-state index contributed by atoms with van der Waals surface area (Å²) in [6.07, 6.45) is 1.91. The molecule has 0 aromatic heterocycles. The zero-order valence-electron chi connectivity index (χ0n) is 8.47. The fourth-order valence-corrected chi connectivity index (χ4v) is 2.46. The molecule has 0 spiro atoms. The molecule has 4 rings (SSSR count). The van der Waals surface area contributed by atoms with Gasteiger partial charge in [-0.2, -0.15) is 0 Å². The Morgan fingerprint density at radius 3 is 2.81 bits per heavy atom. The molecule has 1 N–H and O–H groups in total. The number of nitro groups is 1. The zero-order chi connectivity index (χ0) is 11.3. The highest BCUT2D eigenvalue weighted by Gasteiger charge is 2.38. The van der Waals surface area contributed by atoms with Gasteiger partial charge < -0.3 is 5.32 Å². The predicted octanol–water partition coefficient (Wildman–Crippen LogP) is 1.58. The maximum atomic E-state index is 11.8. The van der Waals surface area contributed by atoms with Gasteiger partial charge in [-0.05, 0) is 24.3 Å². The summed E-state index contributed by atoms with van der Waals surface area (Å²) < 4.78 is 0. The molecule has 1 aliphatic carbocycles. The number of non-ortho nitro benzene ring substituents is 1. The van der Waals surface area contributed by atoms with Gasteiger partial charge in [-0.25, -0.2) is 0 Å². The van der Waals surface area contributed by atoms with E-state index in [0.717, 1.165) is 18.4 Å². The van der Waals surface area contributed by atoms with Crippen LogP contribution in [0.4, 0.5) is 5.69 Å². The van der Waals surface area contributed by atoms with Gasteiger partial charge in [0.25, 0.3) is 11.6 Å². The van der Waals surface area contributed by atoms with Crippen LogP contribution in [0.5, 0.6) is 0 Å². The molecular formula is C11H10N2O3. The Labute approximate surface area is 91.6 Å². The fourth-order valence-electron chi connectivity index (χ4n) is 2.46. The van der Waals surface area contributed by atoms with E-state index < -0.39 is 4.92 Å². The molecule has 0 radical (unpaired) electrons. The predicted molar refractivity (Wildman–Crippen MR) is 56.3 cm³/mol. The van der Waals surface area contributed by atoms with Crippen LogP contribution in [0, 0.1) is 10.1 Å². The standard InChI is InChI=1S/C11H10N2O3/c14-11-10-5-8(13(15)16)1-2-9(10)6-3-7(4-6)12-11/h1-2,5-7H,3-4H2,(H,12,14). The van der Waals surface area contributed by atoms with Crippen molar-refractivity contribution in [1.82, 2.24) is 5.32 Å². The molecule has 1 aromatic rings. The molecule has 5 nitrogen and oxygen atoms in total. The normalized spacial score (nSPS) is 26.1. The average molecular weight is 218 g/mol. The third-order valence-corrected chi connectivity index (χ3v) is 3.41. The van der Waals surface area contributed by atoms with Gasteiger partial charge in [-0.1, -0.05) is 6.07 Å². The molecule has 0 saturated heterocycles. The van der Waals surface area contributed by atoms with Gasteiger partial charge in [0, 0.05) is 23.7 Å². The molecule has 1 saturated carbocycles. The molecule has 16 heavy (non-hydrogen) atoms. The summed E-state index contributed by atoms with van der Waals surface area (Å²) >= 11 is 0. The van der Waals surface area contributed by atoms with E-state index in [2.05, 4.69) is 5.32 Å². The lowest BCUT2D eigenvalue weighted by Gasteiger charge is -2.32. The second-order valence-electron chi connectivity index (χ2n) is 4.37. The third kappa shape index (κ3) is 1.21. The van der Waals surface area contributed by atoms with Crippen LogP contribution in [0.15, 0.2) is 18.2 Å². The topological polar surface area (TPSA) is 72.2 Å². The van der Waals surface area contributed by atoms with Crippen molar-refractivity contribution in [1.29, 1.82) is 0 Å². The number of hydrogen-bond donors (Lipinski definition) is 1. The Kier molecular flexibility index (Phi) is 1.77. The van der Waals surface area contributed by atoms with E-state index in [1.54, 1.807) is 6.07 Å². The summed E-state index contributed by atoms with van der Waals surface area (Å²) in [5, 5.41) is 13.5. The molecule has 0 unspecified atom stereocenters. The minimum Gasteiger partial charge on any atom is -0.349 e. The highest BCUT2D eigenvalue weighted by Crippen LogP contribution is 2.41. The van der Waals surface area contributed by atoms with Crippen LogP contribution in [-0.4, -0.2) is 16.9 Å². The van der Waals surface area contributed by atoms with Crippen LogP contribution in [0.3, 0.4) is 0 Å². The number of rotatable bonds is 1. The number of benzene rings is 1. The summed E-state index contributed by atoms with van der Waals surface area (Å²) in [5.41, 5.74) is 1.41. The molecule has 5 heteroatoms. The lowest BCUT2D eigenvalue weighted by Crippen LogP contribution is -2.39. The Morgan fingerprint density at radius 1 is 1.38 bits per heavy atom.